The molecular weight excluding hydrogens is 808 g/mol. The topological polar surface area (TPSA) is 192 Å². The van der Waals surface area contributed by atoms with Crippen LogP contribution in [-0.4, -0.2) is 111 Å². The second-order valence-electron chi connectivity index (χ2n) is 15.9. The van der Waals surface area contributed by atoms with Gasteiger partial charge in [0.25, 0.3) is 17.7 Å². The molecular formula is C46H56ClN10O5+. The van der Waals surface area contributed by atoms with Crippen LogP contribution in [0.15, 0.2) is 97.6 Å². The average Bonchev–Trinajstić information content (AvgIpc) is 3.27. The molecule has 6 rings (SSSR count). The van der Waals surface area contributed by atoms with Crippen molar-refractivity contribution in [2.24, 2.45) is 0 Å². The van der Waals surface area contributed by atoms with Crippen LogP contribution in [0, 0.1) is 0 Å². The molecule has 5 N–H and O–H groups in total. The number of benzene rings is 2. The number of quaternary nitrogens is 1. The number of rotatable bonds is 20. The Kier molecular flexibility index (Phi) is 16.0. The van der Waals surface area contributed by atoms with Crippen molar-refractivity contribution in [1.82, 2.24) is 35.1 Å². The molecule has 0 radical (unpaired) electrons. The zero-order chi connectivity index (χ0) is 43.9. The summed E-state index contributed by atoms with van der Waals surface area (Å²) < 4.78 is 12.5. The number of amides is 3. The van der Waals surface area contributed by atoms with Gasteiger partial charge in [0.05, 0.1) is 32.2 Å². The highest BCUT2D eigenvalue weighted by Gasteiger charge is 2.36. The lowest BCUT2D eigenvalue weighted by molar-refractivity contribution is -0.933. The first-order chi connectivity index (χ1) is 29.9. The van der Waals surface area contributed by atoms with E-state index < -0.39 is 5.91 Å². The molecule has 15 nitrogen and oxygen atoms in total. The molecule has 1 aliphatic rings. The largest absolute Gasteiger partial charge is 0.484 e. The third-order valence-electron chi connectivity index (χ3n) is 11.2. The molecule has 0 saturated carbocycles. The van der Waals surface area contributed by atoms with Crippen LogP contribution in [0.5, 0.6) is 11.5 Å². The summed E-state index contributed by atoms with van der Waals surface area (Å²) in [5.74, 6) is 0.536. The van der Waals surface area contributed by atoms with Crippen molar-refractivity contribution in [2.45, 2.75) is 57.7 Å². The first-order valence-corrected chi connectivity index (χ1v) is 21.3. The van der Waals surface area contributed by atoms with Crippen LogP contribution in [0.25, 0.3) is 0 Å². The van der Waals surface area contributed by atoms with Crippen molar-refractivity contribution < 1.29 is 28.3 Å². The monoisotopic (exact) mass is 863 g/mol. The number of carbonyl (C=O) groups is 3. The number of aromatic nitrogens is 4. The number of likely N-dealkylation sites (N-methyl/N-ethyl adjacent to an activating group) is 2. The molecule has 1 aliphatic heterocycles. The SMILES string of the molecule is CN(Cc1cccnc1)C(=O)COc1ccc(CCC[N+]2(CCCc3ccc(OCC(=O)N(C)Cc4cccnc4)cc3)CCC[C@H](NC(=O)c3nc(Cl)c(N)nc3N)C2)cc1. The smallest absolute Gasteiger partial charge is 0.274 e. The van der Waals surface area contributed by atoms with Crippen LogP contribution in [0.4, 0.5) is 11.6 Å². The summed E-state index contributed by atoms with van der Waals surface area (Å²) in [6, 6.07) is 23.3. The van der Waals surface area contributed by atoms with Crippen molar-refractivity contribution in [3.8, 4) is 11.5 Å². The molecule has 326 valence electrons. The third kappa shape index (κ3) is 13.3. The van der Waals surface area contributed by atoms with Gasteiger partial charge >= 0.3 is 0 Å². The number of aryl methyl sites for hydroxylation is 2. The van der Waals surface area contributed by atoms with E-state index >= 15 is 0 Å². The lowest BCUT2D eigenvalue weighted by Gasteiger charge is -2.45. The second kappa shape index (κ2) is 22.0. The number of nitrogens with zero attached hydrogens (tertiary/aromatic N) is 7. The minimum absolute atomic E-state index is 0.0235. The van der Waals surface area contributed by atoms with E-state index in [2.05, 4.69) is 49.5 Å². The van der Waals surface area contributed by atoms with E-state index in [0.717, 1.165) is 80.3 Å². The number of carbonyl (C=O) groups excluding carboxylic acids is 3. The maximum absolute atomic E-state index is 13.4. The number of nitrogens with two attached hydrogens (primary N) is 2. The molecule has 4 heterocycles. The Morgan fingerprint density at radius 1 is 0.742 bits per heavy atom. The molecule has 2 aromatic carbocycles. The number of ether oxygens (including phenoxy) is 2. The Bertz CT molecular complexity index is 2120. The van der Waals surface area contributed by atoms with E-state index in [1.165, 1.54) is 11.1 Å². The highest BCUT2D eigenvalue weighted by atomic mass is 35.5. The number of likely N-dealkylation sites (tertiary alicyclic amines) is 1. The highest BCUT2D eigenvalue weighted by molar-refractivity contribution is 6.31. The Morgan fingerprint density at radius 3 is 1.74 bits per heavy atom. The molecule has 0 spiro atoms. The summed E-state index contributed by atoms with van der Waals surface area (Å²) in [7, 11) is 3.50. The molecule has 5 aromatic rings. The van der Waals surface area contributed by atoms with Crippen LogP contribution in [-0.2, 0) is 35.5 Å². The number of nitrogens with one attached hydrogen (secondary N) is 1. The summed E-state index contributed by atoms with van der Waals surface area (Å²) in [4.78, 5) is 58.4. The van der Waals surface area contributed by atoms with E-state index in [9.17, 15) is 14.4 Å². The molecule has 0 bridgehead atoms. The van der Waals surface area contributed by atoms with E-state index in [1.807, 2.05) is 48.5 Å². The Labute approximate surface area is 368 Å². The molecule has 3 amide bonds. The van der Waals surface area contributed by atoms with Crippen molar-refractivity contribution in [1.29, 1.82) is 0 Å². The molecule has 0 aliphatic carbocycles. The van der Waals surface area contributed by atoms with E-state index in [-0.39, 0.29) is 53.6 Å². The predicted octanol–water partition coefficient (Wildman–Crippen LogP) is 5.13. The quantitative estimate of drug-likeness (QED) is 0.0879. The van der Waals surface area contributed by atoms with Gasteiger partial charge in [-0.15, -0.1) is 0 Å². The Morgan fingerprint density at radius 2 is 1.26 bits per heavy atom. The van der Waals surface area contributed by atoms with Gasteiger partial charge in [0.2, 0.25) is 0 Å². The van der Waals surface area contributed by atoms with E-state index in [1.54, 1.807) is 48.7 Å². The van der Waals surface area contributed by atoms with Gasteiger partial charge in [-0.1, -0.05) is 48.0 Å². The van der Waals surface area contributed by atoms with Gasteiger partial charge in [-0.25, -0.2) is 9.97 Å². The van der Waals surface area contributed by atoms with Crippen LogP contribution >= 0.6 is 11.6 Å². The fourth-order valence-electron chi connectivity index (χ4n) is 7.78. The zero-order valence-corrected chi connectivity index (χ0v) is 36.2. The van der Waals surface area contributed by atoms with Crippen LogP contribution in [0.1, 0.15) is 58.4 Å². The van der Waals surface area contributed by atoms with Gasteiger partial charge in [0.15, 0.2) is 35.7 Å². The molecule has 1 saturated heterocycles. The average molecular weight is 864 g/mol. The Balaban J connectivity index is 1.02. The van der Waals surface area contributed by atoms with Crippen molar-refractivity contribution >= 4 is 41.0 Å². The molecule has 1 atom stereocenters. The summed E-state index contributed by atoms with van der Waals surface area (Å²) in [5, 5.41) is 3.10. The number of anilines is 2. The van der Waals surface area contributed by atoms with Crippen LogP contribution in [0.3, 0.4) is 0 Å². The molecule has 62 heavy (non-hydrogen) atoms. The predicted molar refractivity (Wildman–Crippen MR) is 238 cm³/mol. The summed E-state index contributed by atoms with van der Waals surface area (Å²) >= 11 is 6.09. The minimum Gasteiger partial charge on any atom is -0.484 e. The molecule has 0 unspecified atom stereocenters. The lowest BCUT2D eigenvalue weighted by Crippen LogP contribution is -2.60. The van der Waals surface area contributed by atoms with Crippen LogP contribution < -0.4 is 26.3 Å². The fraction of sp³-hybridized carbons (Fsp3) is 0.370. The number of hydrogen-bond acceptors (Lipinski definition) is 11. The van der Waals surface area contributed by atoms with Crippen molar-refractivity contribution in [3.05, 3.63) is 131 Å². The lowest BCUT2D eigenvalue weighted by atomic mass is 9.99. The van der Waals surface area contributed by atoms with Gasteiger partial charge < -0.3 is 40.5 Å². The minimum atomic E-state index is -0.421. The standard InChI is InChI=1S/C46H55ClN10O5/c1-55(28-35-8-3-21-50-26-35)40(58)31-61-38-17-13-33(14-18-38)10-5-23-57(25-7-12-37(30-57)52-46(60)42-44(48)54-45(49)43(47)53-42)24-6-11-34-15-19-39(20-16-34)62-32-41(59)56(2)29-36-9-4-22-51-27-36/h3-4,8-9,13-22,26-27,37H,5-7,10-12,23-25,28-32H2,1-2H3,(H4-,48,49,52,54,60)/p+1/t37-/m0/s1. The maximum Gasteiger partial charge on any atom is 0.274 e. The number of hydrogen-bond donors (Lipinski definition) is 3. The van der Waals surface area contributed by atoms with Gasteiger partial charge in [0.1, 0.15) is 11.5 Å². The van der Waals surface area contributed by atoms with Gasteiger partial charge in [-0.05, 0) is 84.3 Å². The highest BCUT2D eigenvalue weighted by Crippen LogP contribution is 2.25. The summed E-state index contributed by atoms with van der Waals surface area (Å²) in [5.41, 5.74) is 16.0. The third-order valence-corrected chi connectivity index (χ3v) is 11.4. The van der Waals surface area contributed by atoms with Gasteiger partial charge in [-0.3, -0.25) is 24.4 Å². The summed E-state index contributed by atoms with van der Waals surface area (Å²) in [6.07, 6.45) is 12.3. The first-order valence-electron chi connectivity index (χ1n) is 20.9. The number of nitrogen functional groups attached to an aromatic ring is 2. The molecule has 1 fully saturated rings. The van der Waals surface area contributed by atoms with E-state index in [4.69, 9.17) is 32.5 Å². The van der Waals surface area contributed by atoms with E-state index in [0.29, 0.717) is 24.6 Å². The number of piperidine rings is 1. The number of pyridine rings is 2. The second-order valence-corrected chi connectivity index (χ2v) is 16.3. The first kappa shape index (κ1) is 45.2. The normalized spacial score (nSPS) is 14.4. The Hall–Kier alpha value is -6.32. The van der Waals surface area contributed by atoms with Crippen molar-refractivity contribution in [2.75, 3.05) is 65.0 Å². The molecule has 16 heteroatoms. The zero-order valence-electron chi connectivity index (χ0n) is 35.4. The van der Waals surface area contributed by atoms with Gasteiger partial charge in [-0.2, -0.15) is 0 Å². The summed E-state index contributed by atoms with van der Waals surface area (Å²) in [6.45, 7) is 4.42. The maximum atomic E-state index is 13.4. The molecule has 3 aromatic heterocycles. The van der Waals surface area contributed by atoms with Crippen LogP contribution in [0.2, 0.25) is 5.15 Å². The van der Waals surface area contributed by atoms with Crippen molar-refractivity contribution in [3.63, 3.8) is 0 Å². The number of halogens is 1. The van der Waals surface area contributed by atoms with Gasteiger partial charge in [0, 0.05) is 64.8 Å². The fourth-order valence-corrected chi connectivity index (χ4v) is 7.91.